The molecule has 3 aromatic rings. The van der Waals surface area contributed by atoms with Crippen LogP contribution in [0.4, 0.5) is 0 Å². The normalized spacial score (nSPS) is 20.5. The third-order valence-electron chi connectivity index (χ3n) is 6.17. The highest BCUT2D eigenvalue weighted by Crippen LogP contribution is 2.33. The van der Waals surface area contributed by atoms with Crippen molar-refractivity contribution in [2.45, 2.75) is 38.6 Å². The zero-order valence-corrected chi connectivity index (χ0v) is 18.3. The number of hydrogen-bond donors (Lipinski definition) is 1. The number of carbonyl (C=O) groups is 1. The molecule has 2 aliphatic heterocycles. The monoisotopic (exact) mass is 433 g/mol. The van der Waals surface area contributed by atoms with Crippen molar-refractivity contribution in [1.29, 1.82) is 0 Å². The number of benzene rings is 2. The van der Waals surface area contributed by atoms with Crippen molar-refractivity contribution in [2.24, 2.45) is 7.05 Å². The van der Waals surface area contributed by atoms with E-state index in [1.807, 2.05) is 47.9 Å². The third kappa shape index (κ3) is 3.89. The van der Waals surface area contributed by atoms with Gasteiger partial charge < -0.3 is 19.5 Å². The molecule has 0 spiro atoms. The number of rotatable bonds is 5. The van der Waals surface area contributed by atoms with Crippen LogP contribution < -0.4 is 4.74 Å². The lowest BCUT2D eigenvalue weighted by Crippen LogP contribution is -2.40. The molecule has 0 saturated carbocycles. The van der Waals surface area contributed by atoms with E-state index in [0.717, 1.165) is 27.9 Å². The summed E-state index contributed by atoms with van der Waals surface area (Å²) >= 11 is 0. The van der Waals surface area contributed by atoms with Crippen molar-refractivity contribution in [3.05, 3.63) is 71.0 Å². The lowest BCUT2D eigenvalue weighted by atomic mass is 10.0. The zero-order valence-electron chi connectivity index (χ0n) is 18.3. The summed E-state index contributed by atoms with van der Waals surface area (Å²) in [6.45, 7) is 3.88. The summed E-state index contributed by atoms with van der Waals surface area (Å²) in [4.78, 5) is 15.1. The van der Waals surface area contributed by atoms with E-state index in [9.17, 15) is 9.90 Å². The van der Waals surface area contributed by atoms with Crippen LogP contribution in [-0.2, 0) is 24.9 Å². The molecule has 0 unspecified atom stereocenters. The van der Waals surface area contributed by atoms with E-state index in [4.69, 9.17) is 9.47 Å². The standard InChI is InChI=1S/C25H27N3O4/c1-16-20(14-27(2)26-16)18-8-6-17(7-9-18)12-28-13-19-4-3-5-23(24(19)25(28)30)32-22-10-11-31-15-21(22)29/h3-9,14,21-22,29H,10-13,15H2,1-2H3/t21-,22-/m1/s1. The first kappa shape index (κ1) is 20.7. The number of nitrogens with zero attached hydrogens (tertiary/aromatic N) is 3. The number of ether oxygens (including phenoxy) is 2. The molecule has 166 valence electrons. The molecule has 7 heteroatoms. The Bertz CT molecular complexity index is 1140. The highest BCUT2D eigenvalue weighted by Gasteiger charge is 2.33. The fourth-order valence-corrected chi connectivity index (χ4v) is 4.51. The van der Waals surface area contributed by atoms with Crippen LogP contribution in [0.1, 0.15) is 33.6 Å². The Labute approximate surface area is 187 Å². The predicted octanol–water partition coefficient (Wildman–Crippen LogP) is 3.08. The first-order valence-corrected chi connectivity index (χ1v) is 10.9. The molecule has 1 N–H and O–H groups in total. The molecule has 32 heavy (non-hydrogen) atoms. The Morgan fingerprint density at radius 2 is 2.03 bits per heavy atom. The number of aromatic nitrogens is 2. The third-order valence-corrected chi connectivity index (χ3v) is 6.17. The van der Waals surface area contributed by atoms with Crippen molar-refractivity contribution >= 4 is 5.91 Å². The average Bonchev–Trinajstić information content (AvgIpc) is 3.29. The van der Waals surface area contributed by atoms with Gasteiger partial charge in [0.05, 0.1) is 24.5 Å². The van der Waals surface area contributed by atoms with E-state index in [1.165, 1.54) is 0 Å². The van der Waals surface area contributed by atoms with Gasteiger partial charge in [0.1, 0.15) is 18.0 Å². The van der Waals surface area contributed by atoms with Crippen LogP contribution in [0.5, 0.6) is 5.75 Å². The SMILES string of the molecule is Cc1nn(C)cc1-c1ccc(CN2Cc3cccc(O[C@@H]4CCOC[C@H]4O)c3C2=O)cc1. The second kappa shape index (κ2) is 8.41. The number of amides is 1. The van der Waals surface area contributed by atoms with Crippen LogP contribution in [-0.4, -0.2) is 51.1 Å². The molecule has 2 aliphatic rings. The first-order valence-electron chi connectivity index (χ1n) is 10.9. The largest absolute Gasteiger partial charge is 0.487 e. The fraction of sp³-hybridized carbons (Fsp3) is 0.360. The van der Waals surface area contributed by atoms with Crippen LogP contribution in [0.2, 0.25) is 0 Å². The molecular weight excluding hydrogens is 406 g/mol. The summed E-state index contributed by atoms with van der Waals surface area (Å²) in [7, 11) is 1.92. The Balaban J connectivity index is 1.31. The molecule has 0 aliphatic carbocycles. The average molecular weight is 434 g/mol. The van der Waals surface area contributed by atoms with Gasteiger partial charge in [0.15, 0.2) is 0 Å². The van der Waals surface area contributed by atoms with Crippen molar-refractivity contribution in [2.75, 3.05) is 13.2 Å². The Hall–Kier alpha value is -3.16. The number of hydrogen-bond acceptors (Lipinski definition) is 5. The van der Waals surface area contributed by atoms with Crippen molar-refractivity contribution < 1.29 is 19.4 Å². The molecule has 0 bridgehead atoms. The van der Waals surface area contributed by atoms with E-state index in [1.54, 1.807) is 0 Å². The molecule has 7 nitrogen and oxygen atoms in total. The molecule has 2 aromatic carbocycles. The topological polar surface area (TPSA) is 76.8 Å². The van der Waals surface area contributed by atoms with Gasteiger partial charge in [-0.05, 0) is 29.7 Å². The molecule has 2 atom stereocenters. The number of aliphatic hydroxyl groups excluding tert-OH is 1. The molecule has 0 radical (unpaired) electrons. The second-order valence-corrected chi connectivity index (χ2v) is 8.54. The summed E-state index contributed by atoms with van der Waals surface area (Å²) in [6, 6.07) is 14.0. The number of aliphatic hydroxyl groups is 1. The first-order chi connectivity index (χ1) is 15.5. The second-order valence-electron chi connectivity index (χ2n) is 8.54. The number of aryl methyl sites for hydroxylation is 2. The lowest BCUT2D eigenvalue weighted by Gasteiger charge is -2.28. The summed E-state index contributed by atoms with van der Waals surface area (Å²) < 4.78 is 13.2. The van der Waals surface area contributed by atoms with Crippen molar-refractivity contribution in [1.82, 2.24) is 14.7 Å². The maximum absolute atomic E-state index is 13.2. The van der Waals surface area contributed by atoms with Gasteiger partial charge in [-0.25, -0.2) is 0 Å². The van der Waals surface area contributed by atoms with Gasteiger partial charge in [0, 0.05) is 38.3 Å². The lowest BCUT2D eigenvalue weighted by molar-refractivity contribution is -0.0752. The molecule has 1 fully saturated rings. The highest BCUT2D eigenvalue weighted by atomic mass is 16.5. The van der Waals surface area contributed by atoms with Crippen molar-refractivity contribution in [3.8, 4) is 16.9 Å². The molecule has 5 rings (SSSR count). The smallest absolute Gasteiger partial charge is 0.258 e. The predicted molar refractivity (Wildman–Crippen MR) is 119 cm³/mol. The highest BCUT2D eigenvalue weighted by molar-refractivity contribution is 6.01. The maximum atomic E-state index is 13.2. The van der Waals surface area contributed by atoms with Gasteiger partial charge in [-0.15, -0.1) is 0 Å². The van der Waals surface area contributed by atoms with Gasteiger partial charge in [-0.3, -0.25) is 9.48 Å². The Morgan fingerprint density at radius 1 is 1.22 bits per heavy atom. The number of fused-ring (bicyclic) bond motifs is 1. The van der Waals surface area contributed by atoms with Crippen molar-refractivity contribution in [3.63, 3.8) is 0 Å². The van der Waals surface area contributed by atoms with E-state index in [0.29, 0.717) is 37.4 Å². The van der Waals surface area contributed by atoms with Crippen LogP contribution in [0.3, 0.4) is 0 Å². The van der Waals surface area contributed by atoms with Crippen LogP contribution in [0.25, 0.3) is 11.1 Å². The molecule has 1 aromatic heterocycles. The molecule has 1 saturated heterocycles. The van der Waals surface area contributed by atoms with E-state index in [-0.39, 0.29) is 18.6 Å². The van der Waals surface area contributed by atoms with Gasteiger partial charge in [-0.2, -0.15) is 5.10 Å². The summed E-state index contributed by atoms with van der Waals surface area (Å²) in [5, 5.41) is 14.6. The minimum atomic E-state index is -0.686. The quantitative estimate of drug-likeness (QED) is 0.669. The summed E-state index contributed by atoms with van der Waals surface area (Å²) in [6.07, 6.45) is 1.57. The Kier molecular flexibility index (Phi) is 5.45. The maximum Gasteiger partial charge on any atom is 0.258 e. The van der Waals surface area contributed by atoms with E-state index < -0.39 is 6.10 Å². The molecule has 3 heterocycles. The van der Waals surface area contributed by atoms with Gasteiger partial charge in [0.2, 0.25) is 0 Å². The minimum Gasteiger partial charge on any atom is -0.487 e. The van der Waals surface area contributed by atoms with Crippen LogP contribution in [0.15, 0.2) is 48.7 Å². The zero-order chi connectivity index (χ0) is 22.2. The molecular formula is C25H27N3O4. The minimum absolute atomic E-state index is 0.0377. The number of carbonyl (C=O) groups excluding carboxylic acids is 1. The van der Waals surface area contributed by atoms with Gasteiger partial charge in [-0.1, -0.05) is 36.4 Å². The summed E-state index contributed by atoms with van der Waals surface area (Å²) in [5.74, 6) is 0.507. The van der Waals surface area contributed by atoms with E-state index >= 15 is 0 Å². The van der Waals surface area contributed by atoms with E-state index in [2.05, 4.69) is 29.4 Å². The fourth-order valence-electron chi connectivity index (χ4n) is 4.51. The Morgan fingerprint density at radius 3 is 2.75 bits per heavy atom. The van der Waals surface area contributed by atoms with Crippen LogP contribution >= 0.6 is 0 Å². The van der Waals surface area contributed by atoms with Gasteiger partial charge in [0.25, 0.3) is 5.91 Å². The van der Waals surface area contributed by atoms with Crippen LogP contribution in [0, 0.1) is 6.92 Å². The summed E-state index contributed by atoms with van der Waals surface area (Å²) in [5.41, 5.74) is 5.85. The molecule has 1 amide bonds. The van der Waals surface area contributed by atoms with Gasteiger partial charge >= 0.3 is 0 Å².